The van der Waals surface area contributed by atoms with Crippen LogP contribution in [-0.2, 0) is 6.18 Å². The van der Waals surface area contributed by atoms with Crippen LogP contribution in [0.1, 0.15) is 18.4 Å². The SMILES string of the molecule is FC(F)(F)c1ccccc1-c1ncc(OC2CCCN2)cn1. The van der Waals surface area contributed by atoms with Gasteiger partial charge in [-0.2, -0.15) is 13.2 Å². The van der Waals surface area contributed by atoms with Gasteiger partial charge in [0.25, 0.3) is 0 Å². The molecule has 0 amide bonds. The number of ether oxygens (including phenoxy) is 1. The molecule has 0 bridgehead atoms. The predicted molar refractivity (Wildman–Crippen MR) is 74.1 cm³/mol. The highest BCUT2D eigenvalue weighted by atomic mass is 19.4. The molecule has 1 aliphatic rings. The van der Waals surface area contributed by atoms with Crippen LogP contribution in [-0.4, -0.2) is 22.7 Å². The van der Waals surface area contributed by atoms with Gasteiger partial charge in [-0.25, -0.2) is 9.97 Å². The Kier molecular flexibility index (Phi) is 3.98. The lowest BCUT2D eigenvalue weighted by atomic mass is 10.1. The van der Waals surface area contributed by atoms with Crippen molar-refractivity contribution in [2.75, 3.05) is 6.54 Å². The highest BCUT2D eigenvalue weighted by Crippen LogP contribution is 2.35. The Hall–Kier alpha value is -2.15. The van der Waals surface area contributed by atoms with E-state index in [2.05, 4.69) is 15.3 Å². The van der Waals surface area contributed by atoms with Crippen LogP contribution in [0.15, 0.2) is 36.7 Å². The lowest BCUT2D eigenvalue weighted by molar-refractivity contribution is -0.137. The summed E-state index contributed by atoms with van der Waals surface area (Å²) in [6.45, 7) is 0.891. The lowest BCUT2D eigenvalue weighted by Gasteiger charge is -2.14. The van der Waals surface area contributed by atoms with Crippen LogP contribution in [0.3, 0.4) is 0 Å². The predicted octanol–water partition coefficient (Wildman–Crippen LogP) is 3.25. The Bertz CT molecular complexity index is 637. The summed E-state index contributed by atoms with van der Waals surface area (Å²) in [4.78, 5) is 8.00. The van der Waals surface area contributed by atoms with Crippen molar-refractivity contribution in [3.63, 3.8) is 0 Å². The van der Waals surface area contributed by atoms with Crippen molar-refractivity contribution in [2.24, 2.45) is 0 Å². The normalized spacial score (nSPS) is 18.4. The number of rotatable bonds is 3. The van der Waals surface area contributed by atoms with Crippen molar-refractivity contribution in [1.82, 2.24) is 15.3 Å². The molecule has 1 aromatic heterocycles. The monoisotopic (exact) mass is 309 g/mol. The Labute approximate surface area is 125 Å². The Morgan fingerprint density at radius 2 is 1.86 bits per heavy atom. The summed E-state index contributed by atoms with van der Waals surface area (Å²) >= 11 is 0. The Morgan fingerprint density at radius 3 is 2.50 bits per heavy atom. The molecule has 1 aliphatic heterocycles. The van der Waals surface area contributed by atoms with Crippen molar-refractivity contribution in [2.45, 2.75) is 25.2 Å². The van der Waals surface area contributed by atoms with E-state index in [1.807, 2.05) is 0 Å². The number of nitrogens with one attached hydrogen (secondary N) is 1. The summed E-state index contributed by atoms with van der Waals surface area (Å²) < 4.78 is 44.6. The van der Waals surface area contributed by atoms with E-state index in [4.69, 9.17) is 4.74 Å². The van der Waals surface area contributed by atoms with Crippen LogP contribution < -0.4 is 10.1 Å². The van der Waals surface area contributed by atoms with E-state index >= 15 is 0 Å². The summed E-state index contributed by atoms with van der Waals surface area (Å²) in [6, 6.07) is 5.25. The van der Waals surface area contributed by atoms with Crippen molar-refractivity contribution in [1.29, 1.82) is 0 Å². The van der Waals surface area contributed by atoms with Gasteiger partial charge in [0.05, 0.1) is 18.0 Å². The lowest BCUT2D eigenvalue weighted by Crippen LogP contribution is -2.27. The Balaban J connectivity index is 1.84. The van der Waals surface area contributed by atoms with Gasteiger partial charge < -0.3 is 4.74 Å². The molecule has 0 saturated carbocycles. The highest BCUT2D eigenvalue weighted by Gasteiger charge is 2.34. The van der Waals surface area contributed by atoms with E-state index in [1.54, 1.807) is 0 Å². The van der Waals surface area contributed by atoms with Gasteiger partial charge in [0.2, 0.25) is 0 Å². The van der Waals surface area contributed by atoms with Crippen LogP contribution >= 0.6 is 0 Å². The fourth-order valence-corrected chi connectivity index (χ4v) is 2.36. The molecule has 1 N–H and O–H groups in total. The van der Waals surface area contributed by atoms with Crippen LogP contribution in [0.2, 0.25) is 0 Å². The summed E-state index contributed by atoms with van der Waals surface area (Å²) in [5.41, 5.74) is -0.790. The molecule has 4 nitrogen and oxygen atoms in total. The third kappa shape index (κ3) is 3.19. The maximum Gasteiger partial charge on any atom is 0.417 e. The van der Waals surface area contributed by atoms with Crippen LogP contribution in [0.4, 0.5) is 13.2 Å². The summed E-state index contributed by atoms with van der Waals surface area (Å²) in [5, 5.41) is 3.15. The average molecular weight is 309 g/mol. The van der Waals surface area contributed by atoms with Crippen molar-refractivity contribution in [3.8, 4) is 17.1 Å². The molecule has 3 rings (SSSR count). The molecule has 0 radical (unpaired) electrons. The Morgan fingerprint density at radius 1 is 1.14 bits per heavy atom. The molecule has 1 atom stereocenters. The first-order chi connectivity index (χ1) is 10.5. The summed E-state index contributed by atoms with van der Waals surface area (Å²) in [6.07, 6.45) is 0.187. The molecule has 7 heteroatoms. The minimum Gasteiger partial charge on any atom is -0.472 e. The molecule has 1 fully saturated rings. The fourth-order valence-electron chi connectivity index (χ4n) is 2.36. The van der Waals surface area contributed by atoms with Gasteiger partial charge in [0, 0.05) is 5.56 Å². The molecular formula is C15H14F3N3O. The third-order valence-corrected chi connectivity index (χ3v) is 3.39. The zero-order valence-corrected chi connectivity index (χ0v) is 11.6. The standard InChI is InChI=1S/C15H14F3N3O/c16-15(17,18)12-5-2-1-4-11(12)14-20-8-10(9-21-14)22-13-6-3-7-19-13/h1-2,4-5,8-9,13,19H,3,6-7H2. The topological polar surface area (TPSA) is 47.0 Å². The van der Waals surface area contributed by atoms with E-state index in [0.29, 0.717) is 5.75 Å². The minimum atomic E-state index is -4.44. The number of halogens is 3. The third-order valence-electron chi connectivity index (χ3n) is 3.39. The smallest absolute Gasteiger partial charge is 0.417 e. The summed E-state index contributed by atoms with van der Waals surface area (Å²) in [7, 11) is 0. The summed E-state index contributed by atoms with van der Waals surface area (Å²) in [5.74, 6) is 0.465. The number of benzene rings is 1. The second-order valence-electron chi connectivity index (χ2n) is 4.99. The van der Waals surface area contributed by atoms with Gasteiger partial charge in [0.15, 0.2) is 11.6 Å². The molecule has 1 unspecified atom stereocenters. The van der Waals surface area contributed by atoms with Crippen molar-refractivity contribution >= 4 is 0 Å². The van der Waals surface area contributed by atoms with Gasteiger partial charge in [-0.05, 0) is 25.5 Å². The molecule has 22 heavy (non-hydrogen) atoms. The van der Waals surface area contributed by atoms with Gasteiger partial charge in [-0.1, -0.05) is 18.2 Å². The highest BCUT2D eigenvalue weighted by molar-refractivity contribution is 5.61. The second kappa shape index (κ2) is 5.92. The zero-order valence-electron chi connectivity index (χ0n) is 11.6. The van der Waals surface area contributed by atoms with Crippen molar-refractivity contribution in [3.05, 3.63) is 42.2 Å². The molecule has 2 aromatic rings. The maximum atomic E-state index is 13.0. The van der Waals surface area contributed by atoms with E-state index in [0.717, 1.165) is 25.5 Å². The van der Waals surface area contributed by atoms with Crippen LogP contribution in [0.25, 0.3) is 11.4 Å². The van der Waals surface area contributed by atoms with E-state index < -0.39 is 11.7 Å². The fraction of sp³-hybridized carbons (Fsp3) is 0.333. The van der Waals surface area contributed by atoms with Gasteiger partial charge >= 0.3 is 6.18 Å². The molecule has 116 valence electrons. The molecule has 1 aromatic carbocycles. The molecule has 2 heterocycles. The van der Waals surface area contributed by atoms with Gasteiger partial charge in [0.1, 0.15) is 6.23 Å². The number of hydrogen-bond donors (Lipinski definition) is 1. The number of hydrogen-bond acceptors (Lipinski definition) is 4. The molecule has 0 aliphatic carbocycles. The first-order valence-corrected chi connectivity index (χ1v) is 6.93. The van der Waals surface area contributed by atoms with E-state index in [1.165, 1.54) is 30.6 Å². The molecular weight excluding hydrogens is 295 g/mol. The average Bonchev–Trinajstić information content (AvgIpc) is 3.00. The number of aromatic nitrogens is 2. The molecule has 0 spiro atoms. The second-order valence-corrected chi connectivity index (χ2v) is 4.99. The number of nitrogens with zero attached hydrogens (tertiary/aromatic N) is 2. The first-order valence-electron chi connectivity index (χ1n) is 6.93. The quantitative estimate of drug-likeness (QED) is 0.945. The van der Waals surface area contributed by atoms with Crippen molar-refractivity contribution < 1.29 is 17.9 Å². The van der Waals surface area contributed by atoms with E-state index in [-0.39, 0.29) is 17.6 Å². The van der Waals surface area contributed by atoms with Crippen LogP contribution in [0, 0.1) is 0 Å². The first kappa shape index (κ1) is 14.8. The van der Waals surface area contributed by atoms with E-state index in [9.17, 15) is 13.2 Å². The maximum absolute atomic E-state index is 13.0. The van der Waals surface area contributed by atoms with Crippen LogP contribution in [0.5, 0.6) is 5.75 Å². The zero-order chi connectivity index (χ0) is 15.6. The van der Waals surface area contributed by atoms with Gasteiger partial charge in [-0.3, -0.25) is 5.32 Å². The molecule has 1 saturated heterocycles. The largest absolute Gasteiger partial charge is 0.472 e. The minimum absolute atomic E-state index is 0.0275. The number of alkyl halides is 3. The van der Waals surface area contributed by atoms with Gasteiger partial charge in [-0.15, -0.1) is 0 Å².